The average Bonchev–Trinajstić information content (AvgIpc) is 2.29. The van der Waals surface area contributed by atoms with Gasteiger partial charge in [-0.2, -0.15) is 0 Å². The van der Waals surface area contributed by atoms with Crippen LogP contribution in [-0.4, -0.2) is 20.3 Å². The van der Waals surface area contributed by atoms with Gasteiger partial charge in [0.05, 0.1) is 0 Å². The number of rotatable bonds is 0. The molecule has 1 saturated heterocycles. The maximum Gasteiger partial charge on any atom is 0.550 e. The molecule has 82 valence electrons. The molecule has 0 bridgehead atoms. The zero-order chi connectivity index (χ0) is 11.4. The first-order chi connectivity index (χ1) is 7.66. The second kappa shape index (κ2) is 4.73. The van der Waals surface area contributed by atoms with Crippen LogP contribution in [0.25, 0.3) is 0 Å². The Hall–Kier alpha value is -1.24. The molecule has 1 heterocycles. The first kappa shape index (κ1) is 11.3. The van der Waals surface area contributed by atoms with E-state index in [0.29, 0.717) is 13.2 Å². The van der Waals surface area contributed by atoms with Crippen LogP contribution in [0.2, 0.25) is 0 Å². The lowest BCUT2D eigenvalue weighted by Gasteiger charge is -2.31. The minimum atomic E-state index is -0.381. The Morgan fingerprint density at radius 1 is 1.12 bits per heavy atom. The summed E-state index contributed by atoms with van der Waals surface area (Å²) >= 11 is 0. The van der Waals surface area contributed by atoms with Crippen molar-refractivity contribution in [2.45, 2.75) is 13.8 Å². The van der Waals surface area contributed by atoms with Crippen molar-refractivity contribution in [1.82, 2.24) is 0 Å². The van der Waals surface area contributed by atoms with Gasteiger partial charge in [0.25, 0.3) is 0 Å². The smallest absolute Gasteiger partial charge is 0.400 e. The fourth-order valence-corrected chi connectivity index (χ4v) is 1.44. The zero-order valence-electron chi connectivity index (χ0n) is 9.69. The van der Waals surface area contributed by atoms with Gasteiger partial charge in [-0.25, -0.2) is 0 Å². The Labute approximate surface area is 97.1 Å². The molecule has 0 aliphatic carbocycles. The second-order valence-corrected chi connectivity index (χ2v) is 4.75. The highest BCUT2D eigenvalue weighted by atomic mass is 16.6. The number of benzene rings is 1. The van der Waals surface area contributed by atoms with E-state index >= 15 is 0 Å². The van der Waals surface area contributed by atoms with E-state index in [1.54, 1.807) is 0 Å². The maximum absolute atomic E-state index is 5.52. The Morgan fingerprint density at radius 3 is 2.38 bits per heavy atom. The molecule has 0 aromatic heterocycles. The van der Waals surface area contributed by atoms with Gasteiger partial charge in [0.15, 0.2) is 0 Å². The molecule has 0 radical (unpaired) electrons. The van der Waals surface area contributed by atoms with Crippen LogP contribution < -0.4 is 0 Å². The highest BCUT2D eigenvalue weighted by molar-refractivity contribution is 6.54. The zero-order valence-corrected chi connectivity index (χ0v) is 9.69. The Kier molecular flexibility index (Phi) is 3.33. The molecular weight excluding hydrogens is 199 g/mol. The topological polar surface area (TPSA) is 18.5 Å². The molecule has 1 aromatic rings. The molecular formula is C13H15BO2. The van der Waals surface area contributed by atoms with Crippen LogP contribution in [0.5, 0.6) is 0 Å². The van der Waals surface area contributed by atoms with E-state index in [9.17, 15) is 0 Å². The summed E-state index contributed by atoms with van der Waals surface area (Å²) in [4.78, 5) is 0. The predicted octanol–water partition coefficient (Wildman–Crippen LogP) is 2.14. The minimum absolute atomic E-state index is 0.102. The van der Waals surface area contributed by atoms with Crippen molar-refractivity contribution in [3.63, 3.8) is 0 Å². The first-order valence-corrected chi connectivity index (χ1v) is 5.46. The molecule has 1 aliphatic heterocycles. The van der Waals surface area contributed by atoms with Gasteiger partial charge in [-0.1, -0.05) is 43.8 Å². The van der Waals surface area contributed by atoms with Crippen LogP contribution in [-0.2, 0) is 9.31 Å². The third kappa shape index (κ3) is 3.13. The minimum Gasteiger partial charge on any atom is -0.400 e. The van der Waals surface area contributed by atoms with Gasteiger partial charge in [-0.05, 0) is 12.1 Å². The molecule has 0 spiro atoms. The molecule has 3 heteroatoms. The predicted molar refractivity (Wildman–Crippen MR) is 64.8 cm³/mol. The van der Waals surface area contributed by atoms with Crippen molar-refractivity contribution in [3.8, 4) is 11.7 Å². The van der Waals surface area contributed by atoms with E-state index in [1.165, 1.54) is 0 Å². The highest BCUT2D eigenvalue weighted by Crippen LogP contribution is 2.20. The molecule has 1 aliphatic rings. The quantitative estimate of drug-likeness (QED) is 0.486. The van der Waals surface area contributed by atoms with Gasteiger partial charge >= 0.3 is 7.12 Å². The van der Waals surface area contributed by atoms with Crippen LogP contribution in [0.4, 0.5) is 0 Å². The van der Waals surface area contributed by atoms with Gasteiger partial charge in [0.1, 0.15) is 0 Å². The van der Waals surface area contributed by atoms with Crippen molar-refractivity contribution in [2.75, 3.05) is 13.2 Å². The summed E-state index contributed by atoms with van der Waals surface area (Å²) in [7, 11) is -0.381. The molecule has 2 rings (SSSR count). The van der Waals surface area contributed by atoms with Crippen LogP contribution in [0.1, 0.15) is 19.4 Å². The molecule has 0 atom stereocenters. The van der Waals surface area contributed by atoms with Crippen molar-refractivity contribution in [2.24, 2.45) is 5.41 Å². The van der Waals surface area contributed by atoms with Crippen LogP contribution >= 0.6 is 0 Å². The van der Waals surface area contributed by atoms with Gasteiger partial charge in [-0.3, -0.25) is 0 Å². The monoisotopic (exact) mass is 214 g/mol. The Bertz CT molecular complexity index is 393. The van der Waals surface area contributed by atoms with Gasteiger partial charge in [0.2, 0.25) is 0 Å². The largest absolute Gasteiger partial charge is 0.550 e. The summed E-state index contributed by atoms with van der Waals surface area (Å²) in [6, 6.07) is 9.85. The summed E-state index contributed by atoms with van der Waals surface area (Å²) in [5.41, 5.74) is 1.09. The Morgan fingerprint density at radius 2 is 1.75 bits per heavy atom. The van der Waals surface area contributed by atoms with E-state index in [0.717, 1.165) is 5.56 Å². The summed E-state index contributed by atoms with van der Waals surface area (Å²) in [5, 5.41) is 0. The summed E-state index contributed by atoms with van der Waals surface area (Å²) in [5.74, 6) is 6.02. The van der Waals surface area contributed by atoms with E-state index in [1.807, 2.05) is 30.3 Å². The number of hydrogen-bond acceptors (Lipinski definition) is 2. The van der Waals surface area contributed by atoms with E-state index in [4.69, 9.17) is 9.31 Å². The summed E-state index contributed by atoms with van der Waals surface area (Å²) in [6.07, 6.45) is 0. The maximum atomic E-state index is 5.52. The lowest BCUT2D eigenvalue weighted by molar-refractivity contribution is 0.0348. The molecule has 2 nitrogen and oxygen atoms in total. The fourth-order valence-electron chi connectivity index (χ4n) is 1.44. The molecule has 0 N–H and O–H groups in total. The van der Waals surface area contributed by atoms with Crippen molar-refractivity contribution < 1.29 is 9.31 Å². The molecule has 0 unspecified atom stereocenters. The molecule has 0 saturated carbocycles. The average molecular weight is 214 g/mol. The van der Waals surface area contributed by atoms with Gasteiger partial charge in [-0.15, -0.1) is 0 Å². The standard InChI is InChI=1S/C13H15BO2/c1-13(2)10-15-14(16-11-13)9-8-12-6-4-3-5-7-12/h3-7H,10-11H2,1-2H3. The molecule has 0 amide bonds. The van der Waals surface area contributed by atoms with Gasteiger partial charge < -0.3 is 9.31 Å². The second-order valence-electron chi connectivity index (χ2n) is 4.75. The van der Waals surface area contributed by atoms with Crippen molar-refractivity contribution >= 4 is 7.12 Å². The third-order valence-electron chi connectivity index (χ3n) is 2.36. The third-order valence-corrected chi connectivity index (χ3v) is 2.36. The van der Waals surface area contributed by atoms with E-state index in [2.05, 4.69) is 25.6 Å². The highest BCUT2D eigenvalue weighted by Gasteiger charge is 2.30. The van der Waals surface area contributed by atoms with Crippen LogP contribution in [0, 0.1) is 17.2 Å². The van der Waals surface area contributed by atoms with Crippen LogP contribution in [0.3, 0.4) is 0 Å². The molecule has 1 fully saturated rings. The van der Waals surface area contributed by atoms with Gasteiger partial charge in [0, 0.05) is 24.2 Å². The van der Waals surface area contributed by atoms with Crippen molar-refractivity contribution in [3.05, 3.63) is 35.9 Å². The van der Waals surface area contributed by atoms with E-state index in [-0.39, 0.29) is 12.5 Å². The lowest BCUT2D eigenvalue weighted by Crippen LogP contribution is -2.40. The van der Waals surface area contributed by atoms with Crippen LogP contribution in [0.15, 0.2) is 30.3 Å². The Balaban J connectivity index is 1.95. The molecule has 1 aromatic carbocycles. The molecule has 16 heavy (non-hydrogen) atoms. The van der Waals surface area contributed by atoms with Crippen molar-refractivity contribution in [1.29, 1.82) is 0 Å². The fraction of sp³-hybridized carbons (Fsp3) is 0.385. The normalized spacial score (nSPS) is 18.8. The van der Waals surface area contributed by atoms with E-state index < -0.39 is 0 Å². The summed E-state index contributed by atoms with van der Waals surface area (Å²) < 4.78 is 11.0. The first-order valence-electron chi connectivity index (χ1n) is 5.46. The SMILES string of the molecule is CC1(C)COB(C#Cc2ccccc2)OC1. The number of hydrogen-bond donors (Lipinski definition) is 0. The lowest BCUT2D eigenvalue weighted by atomic mass is 9.84. The summed E-state index contributed by atoms with van der Waals surface area (Å²) in [6.45, 7) is 5.63.